The number of likely N-dealkylation sites (N-methyl/N-ethyl adjacent to an activating group) is 2. The molecule has 3 aliphatic rings. The normalized spacial score (nSPS) is 22.9. The summed E-state index contributed by atoms with van der Waals surface area (Å²) < 4.78 is 7.23. The number of carbonyl (C=O) groups excluding carboxylic acids is 2. The Balaban J connectivity index is 0.00000272. The van der Waals surface area contributed by atoms with Crippen LogP contribution < -0.4 is 0 Å². The van der Waals surface area contributed by atoms with Crippen LogP contribution in [-0.4, -0.2) is 114 Å². The van der Waals surface area contributed by atoms with Gasteiger partial charge in [0.05, 0.1) is 19.6 Å². The van der Waals surface area contributed by atoms with Crippen molar-refractivity contribution in [1.82, 2.24) is 14.7 Å². The molecule has 3 amide bonds. The highest BCUT2D eigenvalue weighted by molar-refractivity contribution is 6.23. The second-order valence-corrected chi connectivity index (χ2v) is 7.91. The van der Waals surface area contributed by atoms with Gasteiger partial charge in [-0.2, -0.15) is 0 Å². The van der Waals surface area contributed by atoms with Crippen molar-refractivity contribution in [3.63, 3.8) is 0 Å². The number of carbonyl (C=O) groups is 2. The number of β-amino-alcohol motifs (C(OH)–C–C–N with tert-alkyl or cyclic N) is 1. The highest BCUT2D eigenvalue weighted by atomic mass is 35.5. The number of fused-ring (bicyclic) bond motifs is 1. The first-order valence-corrected chi connectivity index (χ1v) is 10.2. The third-order valence-corrected chi connectivity index (χ3v) is 5.80. The first-order chi connectivity index (χ1) is 14.5. The van der Waals surface area contributed by atoms with Crippen LogP contribution in [0.15, 0.2) is 35.3 Å². The highest BCUT2D eigenvalue weighted by Crippen LogP contribution is 2.21. The summed E-state index contributed by atoms with van der Waals surface area (Å²) in [6, 6.07) is 8.76. The number of rotatable bonds is 6. The molecule has 2 atom stereocenters. The number of aliphatic hydroxyl groups excluding tert-OH is 1. The molecule has 0 aliphatic carbocycles. The molecule has 9 nitrogen and oxygen atoms in total. The SMILES string of the molecule is CN1C(=O)C2C(=NC(Cc3ccccc3)=[N+]2CC(O)CN2CCOCC2)N(C)C1=O.Cl. The average Bonchev–Trinajstić information content (AvgIpc) is 3.10. The molecule has 0 saturated carbocycles. The Morgan fingerprint density at radius 1 is 1.16 bits per heavy atom. The number of imide groups is 1. The average molecular weight is 451 g/mol. The zero-order chi connectivity index (χ0) is 21.3. The van der Waals surface area contributed by atoms with Crippen LogP contribution in [0.25, 0.3) is 0 Å². The molecular formula is C21H29ClN5O4+. The zero-order valence-corrected chi connectivity index (χ0v) is 18.6. The van der Waals surface area contributed by atoms with Gasteiger partial charge in [-0.3, -0.25) is 19.5 Å². The molecule has 3 heterocycles. The largest absolute Gasteiger partial charge is 0.388 e. The van der Waals surface area contributed by atoms with Crippen molar-refractivity contribution in [2.45, 2.75) is 18.6 Å². The summed E-state index contributed by atoms with van der Waals surface area (Å²) in [6.45, 7) is 3.64. The predicted octanol–water partition coefficient (Wildman–Crippen LogP) is 0.0595. The van der Waals surface area contributed by atoms with Gasteiger partial charge in [0.1, 0.15) is 12.6 Å². The Kier molecular flexibility index (Phi) is 7.42. The molecule has 2 saturated heterocycles. The van der Waals surface area contributed by atoms with Crippen LogP contribution in [0.2, 0.25) is 0 Å². The first-order valence-electron chi connectivity index (χ1n) is 10.2. The van der Waals surface area contributed by atoms with E-state index in [1.54, 1.807) is 7.05 Å². The van der Waals surface area contributed by atoms with Crippen LogP contribution in [0.4, 0.5) is 4.79 Å². The molecule has 0 bridgehead atoms. The number of aliphatic hydroxyl groups is 1. The summed E-state index contributed by atoms with van der Waals surface area (Å²) in [5, 5.41) is 10.8. The summed E-state index contributed by atoms with van der Waals surface area (Å²) in [5.74, 6) is 0.789. The number of morpholine rings is 1. The molecular weight excluding hydrogens is 422 g/mol. The summed E-state index contributed by atoms with van der Waals surface area (Å²) in [6.07, 6.45) is -0.145. The van der Waals surface area contributed by atoms with E-state index in [4.69, 9.17) is 4.74 Å². The number of amidine groups is 2. The van der Waals surface area contributed by atoms with Crippen LogP contribution in [0.1, 0.15) is 5.56 Å². The van der Waals surface area contributed by atoms with E-state index in [1.807, 2.05) is 34.9 Å². The van der Waals surface area contributed by atoms with Crippen molar-refractivity contribution in [3.05, 3.63) is 35.9 Å². The van der Waals surface area contributed by atoms with Gasteiger partial charge in [-0.15, -0.1) is 12.4 Å². The van der Waals surface area contributed by atoms with Gasteiger partial charge in [-0.05, 0) is 10.6 Å². The van der Waals surface area contributed by atoms with Gasteiger partial charge in [0.25, 0.3) is 17.8 Å². The standard InChI is InChI=1S/C21H28N5O4.ClH/c1-23-19-18(20(28)24(2)21(23)29)26(14-16(27)13-25-8-10-30-11-9-25)17(22-19)12-15-6-4-3-5-7-15;/h3-7,16,18,27H,8-14H2,1-2H3;1H/q+1;. The minimum Gasteiger partial charge on any atom is -0.388 e. The molecule has 3 aliphatic heterocycles. The summed E-state index contributed by atoms with van der Waals surface area (Å²) >= 11 is 0. The Morgan fingerprint density at radius 3 is 2.52 bits per heavy atom. The zero-order valence-electron chi connectivity index (χ0n) is 17.8. The molecule has 1 aromatic rings. The van der Waals surface area contributed by atoms with Gasteiger partial charge in [-0.1, -0.05) is 30.3 Å². The number of nitrogens with zero attached hydrogens (tertiary/aromatic N) is 5. The fourth-order valence-electron chi connectivity index (χ4n) is 4.15. The lowest BCUT2D eigenvalue weighted by Gasteiger charge is -2.32. The lowest BCUT2D eigenvalue weighted by Crippen LogP contribution is -2.62. The van der Waals surface area contributed by atoms with Crippen molar-refractivity contribution in [2.75, 3.05) is 53.5 Å². The molecule has 2 fully saturated rings. The van der Waals surface area contributed by atoms with E-state index < -0.39 is 18.2 Å². The molecule has 31 heavy (non-hydrogen) atoms. The number of amides is 3. The molecule has 0 spiro atoms. The second-order valence-electron chi connectivity index (χ2n) is 7.91. The van der Waals surface area contributed by atoms with Crippen molar-refractivity contribution < 1.29 is 24.0 Å². The van der Waals surface area contributed by atoms with E-state index in [-0.39, 0.29) is 24.9 Å². The molecule has 1 N–H and O–H groups in total. The second kappa shape index (κ2) is 9.86. The Hall–Kier alpha value is -2.33. The van der Waals surface area contributed by atoms with E-state index in [9.17, 15) is 14.7 Å². The van der Waals surface area contributed by atoms with Crippen molar-refractivity contribution in [2.24, 2.45) is 4.99 Å². The summed E-state index contributed by atoms with van der Waals surface area (Å²) in [4.78, 5) is 34.7. The van der Waals surface area contributed by atoms with E-state index in [0.717, 1.165) is 23.6 Å². The van der Waals surface area contributed by atoms with Gasteiger partial charge >= 0.3 is 11.9 Å². The van der Waals surface area contributed by atoms with Crippen molar-refractivity contribution in [1.29, 1.82) is 0 Å². The molecule has 4 rings (SSSR count). The van der Waals surface area contributed by atoms with Crippen molar-refractivity contribution >= 4 is 36.0 Å². The van der Waals surface area contributed by atoms with Crippen molar-refractivity contribution in [3.8, 4) is 0 Å². The predicted molar refractivity (Wildman–Crippen MR) is 118 cm³/mol. The number of hydrogen-bond acceptors (Lipinski definition) is 6. The smallest absolute Gasteiger partial charge is 0.333 e. The van der Waals surface area contributed by atoms with Crippen LogP contribution >= 0.6 is 12.4 Å². The monoisotopic (exact) mass is 450 g/mol. The molecule has 168 valence electrons. The number of hydrogen-bond donors (Lipinski definition) is 1. The Bertz CT molecular complexity index is 885. The summed E-state index contributed by atoms with van der Waals surface area (Å²) in [7, 11) is 3.11. The number of benzene rings is 1. The van der Waals surface area contributed by atoms with Gasteiger partial charge in [0.15, 0.2) is 0 Å². The molecule has 10 heteroatoms. The molecule has 0 aromatic heterocycles. The molecule has 0 radical (unpaired) electrons. The number of urea groups is 1. The fourth-order valence-corrected chi connectivity index (χ4v) is 4.15. The van der Waals surface area contributed by atoms with Gasteiger partial charge in [0.2, 0.25) is 0 Å². The topological polar surface area (TPSA) is 88.7 Å². The van der Waals surface area contributed by atoms with E-state index in [0.29, 0.717) is 37.9 Å². The maximum absolute atomic E-state index is 13.0. The van der Waals surface area contributed by atoms with Crippen LogP contribution in [0, 0.1) is 0 Å². The maximum Gasteiger partial charge on any atom is 0.333 e. The third kappa shape index (κ3) is 4.79. The van der Waals surface area contributed by atoms with E-state index in [1.165, 1.54) is 11.9 Å². The van der Waals surface area contributed by atoms with Gasteiger partial charge < -0.3 is 9.84 Å². The first kappa shape index (κ1) is 23.3. The number of aliphatic imine (C=N–C) groups is 1. The number of halogens is 1. The maximum atomic E-state index is 13.0. The minimum atomic E-state index is -0.698. The quantitative estimate of drug-likeness (QED) is 0.619. The lowest BCUT2D eigenvalue weighted by atomic mass is 10.1. The van der Waals surface area contributed by atoms with E-state index >= 15 is 0 Å². The summed E-state index contributed by atoms with van der Waals surface area (Å²) in [5.41, 5.74) is 1.05. The lowest BCUT2D eigenvalue weighted by molar-refractivity contribution is -0.544. The third-order valence-electron chi connectivity index (χ3n) is 5.80. The highest BCUT2D eigenvalue weighted by Gasteiger charge is 2.53. The van der Waals surface area contributed by atoms with Gasteiger partial charge in [0, 0.05) is 33.7 Å². The van der Waals surface area contributed by atoms with E-state index in [2.05, 4.69) is 9.89 Å². The van der Waals surface area contributed by atoms with Crippen LogP contribution in [0.5, 0.6) is 0 Å². The Morgan fingerprint density at radius 2 is 1.84 bits per heavy atom. The van der Waals surface area contributed by atoms with Crippen LogP contribution in [-0.2, 0) is 16.0 Å². The Labute approximate surface area is 188 Å². The minimum absolute atomic E-state index is 0. The van der Waals surface area contributed by atoms with Crippen LogP contribution in [0.3, 0.4) is 0 Å². The number of ether oxygens (including phenoxy) is 1. The molecule has 1 aromatic carbocycles. The molecule has 2 unspecified atom stereocenters. The van der Waals surface area contributed by atoms with Gasteiger partial charge in [-0.25, -0.2) is 9.37 Å². The fraction of sp³-hybridized carbons (Fsp3) is 0.524.